The molecule has 0 fully saturated rings. The van der Waals surface area contributed by atoms with E-state index in [4.69, 9.17) is 5.73 Å². The molecule has 0 spiro atoms. The summed E-state index contributed by atoms with van der Waals surface area (Å²) in [7, 11) is 0. The molecule has 0 radical (unpaired) electrons. The van der Waals surface area contributed by atoms with E-state index in [0.29, 0.717) is 5.96 Å². The highest BCUT2D eigenvalue weighted by atomic mass is 35.5. The zero-order valence-corrected chi connectivity index (χ0v) is 12.0. The number of rotatable bonds is 0. The lowest BCUT2D eigenvalue weighted by Gasteiger charge is -2.03. The first-order valence-electron chi connectivity index (χ1n) is 5.92. The number of hydrogen-bond donors (Lipinski definition) is 1. The molecule has 4 nitrogen and oxygen atoms in total. The Morgan fingerprint density at radius 1 is 1.00 bits per heavy atom. The maximum absolute atomic E-state index is 6.13. The van der Waals surface area contributed by atoms with E-state index in [1.54, 1.807) is 11.8 Å². The lowest BCUT2D eigenvalue weighted by atomic mass is 10.3. The van der Waals surface area contributed by atoms with Crippen molar-refractivity contribution in [3.8, 4) is 0 Å². The number of aliphatic imine (C=N–C) groups is 1. The van der Waals surface area contributed by atoms with Crippen molar-refractivity contribution in [3.63, 3.8) is 0 Å². The average molecular weight is 303 g/mol. The van der Waals surface area contributed by atoms with Crippen LogP contribution in [0.1, 0.15) is 0 Å². The van der Waals surface area contributed by atoms with Crippen molar-refractivity contribution in [3.05, 3.63) is 48.5 Å². The summed E-state index contributed by atoms with van der Waals surface area (Å²) in [6.45, 7) is 0. The summed E-state index contributed by atoms with van der Waals surface area (Å²) in [4.78, 5) is 10.2. The van der Waals surface area contributed by atoms with Crippen LogP contribution in [0, 0.1) is 0 Å². The molecule has 2 heterocycles. The van der Waals surface area contributed by atoms with Crippen LogP contribution < -0.4 is 5.73 Å². The first-order valence-corrected chi connectivity index (χ1v) is 6.73. The summed E-state index contributed by atoms with van der Waals surface area (Å²) in [5.74, 6) is 0.459. The molecule has 0 saturated heterocycles. The van der Waals surface area contributed by atoms with Crippen LogP contribution in [0.2, 0.25) is 0 Å². The van der Waals surface area contributed by atoms with Gasteiger partial charge in [0, 0.05) is 4.90 Å². The maximum Gasteiger partial charge on any atom is 0.207 e. The molecule has 3 aromatic rings. The van der Waals surface area contributed by atoms with Crippen LogP contribution in [0.4, 0.5) is 5.69 Å². The molecule has 1 aliphatic heterocycles. The molecule has 0 aliphatic carbocycles. The zero-order chi connectivity index (χ0) is 12.8. The maximum atomic E-state index is 6.13. The molecule has 0 unspecified atom stereocenters. The van der Waals surface area contributed by atoms with Crippen LogP contribution >= 0.6 is 24.2 Å². The lowest BCUT2D eigenvalue weighted by Crippen LogP contribution is -2.21. The van der Waals surface area contributed by atoms with Gasteiger partial charge in [-0.1, -0.05) is 24.3 Å². The molecular formula is C14H11ClN4S. The number of imidazole rings is 1. The summed E-state index contributed by atoms with van der Waals surface area (Å²) < 4.78 is 1.90. The molecule has 4 rings (SSSR count). The topological polar surface area (TPSA) is 56.2 Å². The third-order valence-electron chi connectivity index (χ3n) is 3.06. The van der Waals surface area contributed by atoms with Crippen LogP contribution in [-0.2, 0) is 0 Å². The Morgan fingerprint density at radius 2 is 1.75 bits per heavy atom. The highest BCUT2D eigenvalue weighted by Gasteiger charge is 2.19. The second-order valence-electron chi connectivity index (χ2n) is 4.26. The van der Waals surface area contributed by atoms with Gasteiger partial charge >= 0.3 is 0 Å². The third kappa shape index (κ3) is 1.87. The second-order valence-corrected chi connectivity index (χ2v) is 5.27. The Hall–Kier alpha value is -1.98. The van der Waals surface area contributed by atoms with E-state index in [-0.39, 0.29) is 12.4 Å². The van der Waals surface area contributed by atoms with Crippen molar-refractivity contribution in [2.24, 2.45) is 10.7 Å². The number of hydrogen-bond acceptors (Lipinski definition) is 4. The lowest BCUT2D eigenvalue weighted by molar-refractivity contribution is 0.959. The Balaban J connectivity index is 0.00000121. The summed E-state index contributed by atoms with van der Waals surface area (Å²) in [6.07, 6.45) is 0. The molecule has 1 aliphatic rings. The van der Waals surface area contributed by atoms with Crippen molar-refractivity contribution >= 4 is 46.8 Å². The summed E-state index contributed by atoms with van der Waals surface area (Å²) >= 11 is 1.59. The quantitative estimate of drug-likeness (QED) is 0.692. The molecule has 0 amide bonds. The second kappa shape index (κ2) is 4.85. The molecule has 2 N–H and O–H groups in total. The van der Waals surface area contributed by atoms with Crippen LogP contribution in [0.25, 0.3) is 11.0 Å². The molecule has 2 aromatic carbocycles. The Labute approximate surface area is 126 Å². The van der Waals surface area contributed by atoms with Crippen molar-refractivity contribution in [2.75, 3.05) is 0 Å². The smallest absolute Gasteiger partial charge is 0.207 e. The van der Waals surface area contributed by atoms with Crippen molar-refractivity contribution in [1.82, 2.24) is 9.55 Å². The Bertz CT molecular complexity index is 825. The van der Waals surface area contributed by atoms with Crippen molar-refractivity contribution in [2.45, 2.75) is 10.1 Å². The molecule has 6 heteroatoms. The predicted octanol–water partition coefficient (Wildman–Crippen LogP) is 3.42. The van der Waals surface area contributed by atoms with Crippen LogP contribution in [0.3, 0.4) is 0 Å². The summed E-state index contributed by atoms with van der Waals surface area (Å²) in [6, 6.07) is 15.9. The SMILES string of the molecule is Cl.NC1=Nc2ccccc2Sc2nc3ccccc3n21. The van der Waals surface area contributed by atoms with E-state index in [9.17, 15) is 0 Å². The minimum absolute atomic E-state index is 0. The van der Waals surface area contributed by atoms with Gasteiger partial charge in [-0.2, -0.15) is 0 Å². The van der Waals surface area contributed by atoms with Gasteiger partial charge in [-0.15, -0.1) is 12.4 Å². The summed E-state index contributed by atoms with van der Waals surface area (Å²) in [5.41, 5.74) is 8.94. The van der Waals surface area contributed by atoms with E-state index in [1.165, 1.54) is 0 Å². The highest BCUT2D eigenvalue weighted by molar-refractivity contribution is 7.99. The van der Waals surface area contributed by atoms with Crippen LogP contribution in [0.15, 0.2) is 63.6 Å². The minimum atomic E-state index is 0. The van der Waals surface area contributed by atoms with Gasteiger partial charge in [-0.05, 0) is 36.0 Å². The molecule has 0 atom stereocenters. The fourth-order valence-electron chi connectivity index (χ4n) is 2.20. The summed E-state index contributed by atoms with van der Waals surface area (Å²) in [5, 5.41) is 0.854. The van der Waals surface area contributed by atoms with Gasteiger partial charge in [0.05, 0.1) is 16.7 Å². The zero-order valence-electron chi connectivity index (χ0n) is 10.4. The monoisotopic (exact) mass is 302 g/mol. The normalized spacial score (nSPS) is 12.9. The number of nitrogens with two attached hydrogens (primary N) is 1. The average Bonchev–Trinajstić information content (AvgIpc) is 2.72. The molecule has 1 aromatic heterocycles. The van der Waals surface area contributed by atoms with Gasteiger partial charge in [0.15, 0.2) is 5.16 Å². The molecule has 100 valence electrons. The van der Waals surface area contributed by atoms with E-state index in [2.05, 4.69) is 9.98 Å². The third-order valence-corrected chi connectivity index (χ3v) is 4.08. The van der Waals surface area contributed by atoms with Gasteiger partial charge in [-0.3, -0.25) is 4.57 Å². The fraction of sp³-hybridized carbons (Fsp3) is 0. The van der Waals surface area contributed by atoms with Crippen LogP contribution in [0.5, 0.6) is 0 Å². The first-order chi connectivity index (χ1) is 9.33. The van der Waals surface area contributed by atoms with Gasteiger partial charge < -0.3 is 5.73 Å². The Kier molecular flexibility index (Phi) is 3.16. The number of halogens is 1. The van der Waals surface area contributed by atoms with E-state index in [0.717, 1.165) is 26.8 Å². The van der Waals surface area contributed by atoms with Gasteiger partial charge in [-0.25, -0.2) is 9.98 Å². The van der Waals surface area contributed by atoms with Crippen molar-refractivity contribution < 1.29 is 0 Å². The number of nitrogens with zero attached hydrogens (tertiary/aromatic N) is 3. The molecule has 20 heavy (non-hydrogen) atoms. The van der Waals surface area contributed by atoms with Gasteiger partial charge in [0.2, 0.25) is 5.96 Å². The molecular weight excluding hydrogens is 292 g/mol. The van der Waals surface area contributed by atoms with Crippen molar-refractivity contribution in [1.29, 1.82) is 0 Å². The van der Waals surface area contributed by atoms with E-state index >= 15 is 0 Å². The fourth-order valence-corrected chi connectivity index (χ4v) is 3.19. The highest BCUT2D eigenvalue weighted by Crippen LogP contribution is 2.38. The number of aromatic nitrogens is 2. The largest absolute Gasteiger partial charge is 0.369 e. The minimum Gasteiger partial charge on any atom is -0.369 e. The number of benzene rings is 2. The molecule has 0 bridgehead atoms. The van der Waals surface area contributed by atoms with E-state index < -0.39 is 0 Å². The first kappa shape index (κ1) is 13.0. The van der Waals surface area contributed by atoms with Gasteiger partial charge in [0.25, 0.3) is 0 Å². The van der Waals surface area contributed by atoms with Gasteiger partial charge in [0.1, 0.15) is 0 Å². The Morgan fingerprint density at radius 3 is 2.65 bits per heavy atom. The molecule has 0 saturated carbocycles. The predicted molar refractivity (Wildman–Crippen MR) is 84.2 cm³/mol. The standard InChI is InChI=1S/C14H10N4S.ClH/c15-13-16-10-6-2-4-8-12(10)19-14-17-9-5-1-3-7-11(9)18(13)14;/h1-8H,(H2,15,16);1H. The number of para-hydroxylation sites is 3. The van der Waals surface area contributed by atoms with E-state index in [1.807, 2.05) is 53.1 Å². The number of fused-ring (bicyclic) bond motifs is 4. The van der Waals surface area contributed by atoms with Crippen LogP contribution in [-0.4, -0.2) is 15.5 Å².